The molecule has 1 fully saturated rings. The second kappa shape index (κ2) is 7.68. The maximum Gasteiger partial charge on any atom is 0.126 e. The minimum Gasteiger partial charge on any atom is -0.207 e. The smallest absolute Gasteiger partial charge is 0.126 e. The van der Waals surface area contributed by atoms with Gasteiger partial charge in [-0.1, -0.05) is 80.4 Å². The highest BCUT2D eigenvalue weighted by Crippen LogP contribution is 2.36. The molecule has 1 saturated carbocycles. The first-order valence-corrected chi connectivity index (χ1v) is 10.1. The molecule has 0 spiro atoms. The van der Waals surface area contributed by atoms with E-state index in [2.05, 4.69) is 55.5 Å². The van der Waals surface area contributed by atoms with Crippen molar-refractivity contribution in [3.8, 4) is 22.3 Å². The summed E-state index contributed by atoms with van der Waals surface area (Å²) in [5.41, 5.74) is 6.58. The number of halogens is 1. The topological polar surface area (TPSA) is 0 Å². The molecule has 1 aliphatic carbocycles. The molecule has 140 valence electrons. The van der Waals surface area contributed by atoms with Crippen LogP contribution in [-0.4, -0.2) is 0 Å². The van der Waals surface area contributed by atoms with Crippen LogP contribution in [0.2, 0.25) is 0 Å². The van der Waals surface area contributed by atoms with Gasteiger partial charge in [0.2, 0.25) is 0 Å². The highest BCUT2D eigenvalue weighted by atomic mass is 19.1. The molecule has 4 rings (SSSR count). The maximum absolute atomic E-state index is 13.8. The number of benzene rings is 3. The van der Waals surface area contributed by atoms with E-state index in [-0.39, 0.29) is 7.24 Å². The molecule has 3 aromatic rings. The Bertz CT molecular complexity index is 904. The molecule has 0 heterocycles. The Kier molecular flexibility index (Phi) is 5.11. The van der Waals surface area contributed by atoms with E-state index < -0.39 is 0 Å². The normalized spacial score (nSPS) is 19.8. The second-order valence-corrected chi connectivity index (χ2v) is 8.12. The van der Waals surface area contributed by atoms with Crippen molar-refractivity contribution < 1.29 is 5.82 Å². The van der Waals surface area contributed by atoms with Gasteiger partial charge in [-0.3, -0.25) is 0 Å². The molecule has 0 bridgehead atoms. The molecule has 0 atom stereocenters. The predicted octanol–water partition coefficient (Wildman–Crippen LogP) is 8.01. The van der Waals surface area contributed by atoms with E-state index in [1.165, 1.54) is 42.4 Å². The Balaban J connectivity index is 0.00000225. The zero-order valence-corrected chi connectivity index (χ0v) is 16.2. The zero-order valence-electron chi connectivity index (χ0n) is 16.2. The van der Waals surface area contributed by atoms with Gasteiger partial charge >= 0.3 is 0 Å². The number of aryl methyl sites for hydroxylation is 1. The number of hydrogen-bond acceptors (Lipinski definition) is 0. The summed E-state index contributed by atoms with van der Waals surface area (Å²) in [5, 5.41) is 0. The SMILES string of the molecule is Cc1ccc(-c2ccc(-c3ccc(C4CCC(C)CC4)cc3)cc2)cc1F.[HH]. The lowest BCUT2D eigenvalue weighted by atomic mass is 9.79. The van der Waals surface area contributed by atoms with Crippen LogP contribution in [0.3, 0.4) is 0 Å². The third kappa shape index (κ3) is 3.98. The van der Waals surface area contributed by atoms with Crippen molar-refractivity contribution in [2.45, 2.75) is 45.4 Å². The van der Waals surface area contributed by atoms with E-state index in [4.69, 9.17) is 0 Å². The van der Waals surface area contributed by atoms with Gasteiger partial charge in [0.25, 0.3) is 0 Å². The van der Waals surface area contributed by atoms with Gasteiger partial charge in [-0.2, -0.15) is 0 Å². The summed E-state index contributed by atoms with van der Waals surface area (Å²) in [7, 11) is 0. The second-order valence-electron chi connectivity index (χ2n) is 8.12. The standard InChI is InChI=1S/C26H27F.H2/c1-18-3-6-20(7-4-18)21-9-11-22(12-10-21)23-13-15-24(16-14-23)25-8-5-19(2)26(27)17-25;/h5,8-18,20H,3-4,6-7H2,1-2H3;1H. The quantitative estimate of drug-likeness (QED) is 0.444. The van der Waals surface area contributed by atoms with Gasteiger partial charge in [0, 0.05) is 1.43 Å². The summed E-state index contributed by atoms with van der Waals surface area (Å²) in [6.45, 7) is 4.16. The average molecular weight is 361 g/mol. The fraction of sp³-hybridized carbons (Fsp3) is 0.308. The van der Waals surface area contributed by atoms with Crippen LogP contribution in [0.4, 0.5) is 4.39 Å². The fourth-order valence-electron chi connectivity index (χ4n) is 4.17. The Hall–Kier alpha value is -2.41. The molecule has 0 N–H and O–H groups in total. The summed E-state index contributed by atoms with van der Waals surface area (Å²) in [5.74, 6) is 1.47. The van der Waals surface area contributed by atoms with Crippen molar-refractivity contribution in [2.75, 3.05) is 0 Å². The summed E-state index contributed by atoms with van der Waals surface area (Å²) in [4.78, 5) is 0. The van der Waals surface area contributed by atoms with E-state index in [9.17, 15) is 4.39 Å². The highest BCUT2D eigenvalue weighted by Gasteiger charge is 2.19. The molecular weight excluding hydrogens is 331 g/mol. The third-order valence-electron chi connectivity index (χ3n) is 6.12. The molecule has 27 heavy (non-hydrogen) atoms. The average Bonchev–Trinajstić information content (AvgIpc) is 2.71. The van der Waals surface area contributed by atoms with Crippen molar-refractivity contribution in [2.24, 2.45) is 5.92 Å². The van der Waals surface area contributed by atoms with Gasteiger partial charge in [-0.25, -0.2) is 4.39 Å². The molecule has 0 saturated heterocycles. The van der Waals surface area contributed by atoms with E-state index in [1.807, 2.05) is 12.1 Å². The first kappa shape index (κ1) is 18.0. The van der Waals surface area contributed by atoms with Gasteiger partial charge in [-0.15, -0.1) is 0 Å². The summed E-state index contributed by atoms with van der Waals surface area (Å²) < 4.78 is 13.8. The van der Waals surface area contributed by atoms with Crippen molar-refractivity contribution in [1.82, 2.24) is 0 Å². The van der Waals surface area contributed by atoms with Crippen molar-refractivity contribution in [3.63, 3.8) is 0 Å². The van der Waals surface area contributed by atoms with Crippen LogP contribution in [0.1, 0.15) is 51.1 Å². The maximum atomic E-state index is 13.8. The Morgan fingerprint density at radius 3 is 1.74 bits per heavy atom. The lowest BCUT2D eigenvalue weighted by Gasteiger charge is -2.26. The fourth-order valence-corrected chi connectivity index (χ4v) is 4.17. The predicted molar refractivity (Wildman–Crippen MR) is 114 cm³/mol. The van der Waals surface area contributed by atoms with Gasteiger partial charge in [0.05, 0.1) is 0 Å². The molecule has 0 amide bonds. The Morgan fingerprint density at radius 2 is 1.19 bits per heavy atom. The van der Waals surface area contributed by atoms with Crippen LogP contribution in [0.15, 0.2) is 66.7 Å². The van der Waals surface area contributed by atoms with Crippen LogP contribution in [-0.2, 0) is 0 Å². The first-order valence-electron chi connectivity index (χ1n) is 10.1. The minimum atomic E-state index is -0.149. The van der Waals surface area contributed by atoms with E-state index in [1.54, 1.807) is 13.0 Å². The Labute approximate surface area is 163 Å². The van der Waals surface area contributed by atoms with E-state index in [0.29, 0.717) is 5.56 Å². The molecule has 0 radical (unpaired) electrons. The number of rotatable bonds is 3. The number of hydrogen-bond donors (Lipinski definition) is 0. The molecule has 0 aliphatic heterocycles. The van der Waals surface area contributed by atoms with Crippen molar-refractivity contribution in [1.29, 1.82) is 0 Å². The van der Waals surface area contributed by atoms with Crippen LogP contribution in [0.25, 0.3) is 22.3 Å². The van der Waals surface area contributed by atoms with Crippen LogP contribution >= 0.6 is 0 Å². The largest absolute Gasteiger partial charge is 0.207 e. The molecule has 0 nitrogen and oxygen atoms in total. The summed E-state index contributed by atoms with van der Waals surface area (Å²) >= 11 is 0. The molecule has 1 aliphatic rings. The van der Waals surface area contributed by atoms with Gasteiger partial charge in [0.15, 0.2) is 0 Å². The minimum absolute atomic E-state index is 0. The van der Waals surface area contributed by atoms with Crippen molar-refractivity contribution >= 4 is 0 Å². The first-order chi connectivity index (χ1) is 13.1. The van der Waals surface area contributed by atoms with Crippen LogP contribution < -0.4 is 0 Å². The monoisotopic (exact) mass is 360 g/mol. The van der Waals surface area contributed by atoms with Gasteiger partial charge in [-0.05, 0) is 71.0 Å². The molecule has 3 aromatic carbocycles. The molecule has 1 heteroatoms. The van der Waals surface area contributed by atoms with E-state index in [0.717, 1.165) is 23.0 Å². The molecule has 0 aromatic heterocycles. The van der Waals surface area contributed by atoms with E-state index >= 15 is 0 Å². The van der Waals surface area contributed by atoms with Crippen molar-refractivity contribution in [3.05, 3.63) is 83.7 Å². The Morgan fingerprint density at radius 1 is 0.704 bits per heavy atom. The lowest BCUT2D eigenvalue weighted by molar-refractivity contribution is 0.348. The summed E-state index contributed by atoms with van der Waals surface area (Å²) in [6, 6.07) is 22.9. The molecule has 0 unspecified atom stereocenters. The van der Waals surface area contributed by atoms with Crippen LogP contribution in [0.5, 0.6) is 0 Å². The van der Waals surface area contributed by atoms with Gasteiger partial charge in [0.1, 0.15) is 5.82 Å². The zero-order chi connectivity index (χ0) is 18.8. The van der Waals surface area contributed by atoms with Crippen LogP contribution in [0, 0.1) is 18.7 Å². The van der Waals surface area contributed by atoms with Gasteiger partial charge < -0.3 is 0 Å². The third-order valence-corrected chi connectivity index (χ3v) is 6.12. The summed E-state index contributed by atoms with van der Waals surface area (Å²) in [6.07, 6.45) is 5.35. The molecular formula is C26H29F. The lowest BCUT2D eigenvalue weighted by Crippen LogP contribution is -2.10. The highest BCUT2D eigenvalue weighted by molar-refractivity contribution is 5.70.